The van der Waals surface area contributed by atoms with Gasteiger partial charge in [0.05, 0.1) is 16.0 Å². The van der Waals surface area contributed by atoms with Crippen LogP contribution in [0.5, 0.6) is 0 Å². The highest BCUT2D eigenvalue weighted by molar-refractivity contribution is 8.14. The molecule has 14 heavy (non-hydrogen) atoms. The Morgan fingerprint density at radius 3 is 2.79 bits per heavy atom. The first-order valence-corrected chi connectivity index (χ1v) is 6.11. The Labute approximate surface area is 84.9 Å². The number of aryl methyl sites for hydroxylation is 1. The van der Waals surface area contributed by atoms with Crippen molar-refractivity contribution in [1.82, 2.24) is 5.16 Å². The normalized spacial score (nSPS) is 12.1. The summed E-state index contributed by atoms with van der Waals surface area (Å²) in [5.41, 5.74) is 0.934. The SMILES string of the molecule is Cc1noc2cccc(S(=O)(=O)Cl)c12. The summed E-state index contributed by atoms with van der Waals surface area (Å²) in [7, 11) is 1.52. The lowest BCUT2D eigenvalue weighted by Gasteiger charge is -1.96. The van der Waals surface area contributed by atoms with Gasteiger partial charge >= 0.3 is 0 Å². The van der Waals surface area contributed by atoms with E-state index in [-0.39, 0.29) is 4.90 Å². The zero-order valence-electron chi connectivity index (χ0n) is 7.19. The van der Waals surface area contributed by atoms with Crippen molar-refractivity contribution in [2.24, 2.45) is 0 Å². The van der Waals surface area contributed by atoms with Gasteiger partial charge in [-0.2, -0.15) is 0 Å². The number of hydrogen-bond acceptors (Lipinski definition) is 4. The Balaban J connectivity index is 2.96. The molecule has 2 rings (SSSR count). The number of fused-ring (bicyclic) bond motifs is 1. The highest BCUT2D eigenvalue weighted by atomic mass is 35.7. The molecular weight excluding hydrogens is 226 g/mol. The van der Waals surface area contributed by atoms with Crippen molar-refractivity contribution in [1.29, 1.82) is 0 Å². The molecule has 0 amide bonds. The summed E-state index contributed by atoms with van der Waals surface area (Å²) in [5, 5.41) is 4.12. The Hall–Kier alpha value is -1.07. The summed E-state index contributed by atoms with van der Waals surface area (Å²) in [5.74, 6) is 0. The molecular formula is C8H6ClNO3S. The molecule has 0 aliphatic carbocycles. The summed E-state index contributed by atoms with van der Waals surface area (Å²) in [4.78, 5) is 0.0374. The summed E-state index contributed by atoms with van der Waals surface area (Å²) >= 11 is 0. The molecule has 0 aliphatic heterocycles. The van der Waals surface area contributed by atoms with E-state index in [4.69, 9.17) is 15.2 Å². The molecule has 0 bridgehead atoms. The second kappa shape index (κ2) is 2.96. The van der Waals surface area contributed by atoms with Gasteiger partial charge in [0.2, 0.25) is 0 Å². The molecule has 0 atom stereocenters. The van der Waals surface area contributed by atoms with Crippen LogP contribution in [0.15, 0.2) is 27.6 Å². The molecule has 6 heteroatoms. The lowest BCUT2D eigenvalue weighted by Crippen LogP contribution is -1.91. The van der Waals surface area contributed by atoms with Crippen LogP contribution in [-0.2, 0) is 9.05 Å². The van der Waals surface area contributed by atoms with Gasteiger partial charge in [-0.25, -0.2) is 8.42 Å². The molecule has 0 radical (unpaired) electrons. The van der Waals surface area contributed by atoms with Crippen molar-refractivity contribution in [3.8, 4) is 0 Å². The van der Waals surface area contributed by atoms with Gasteiger partial charge in [0.25, 0.3) is 9.05 Å². The van der Waals surface area contributed by atoms with E-state index in [1.807, 2.05) is 0 Å². The van der Waals surface area contributed by atoms with E-state index in [9.17, 15) is 8.42 Å². The third-order valence-electron chi connectivity index (χ3n) is 1.89. The maximum Gasteiger partial charge on any atom is 0.262 e. The Kier molecular flexibility index (Phi) is 2.01. The number of halogens is 1. The molecule has 0 spiro atoms. The van der Waals surface area contributed by atoms with E-state index in [0.29, 0.717) is 16.7 Å². The summed E-state index contributed by atoms with van der Waals surface area (Å²) in [6.07, 6.45) is 0. The summed E-state index contributed by atoms with van der Waals surface area (Å²) < 4.78 is 27.3. The number of benzene rings is 1. The van der Waals surface area contributed by atoms with Crippen molar-refractivity contribution in [3.05, 3.63) is 23.9 Å². The summed E-state index contributed by atoms with van der Waals surface area (Å²) in [6.45, 7) is 1.66. The molecule has 74 valence electrons. The number of aromatic nitrogens is 1. The van der Waals surface area contributed by atoms with Crippen LogP contribution in [0.2, 0.25) is 0 Å². The number of nitrogens with zero attached hydrogens (tertiary/aromatic N) is 1. The minimum absolute atomic E-state index is 0.0374. The second-order valence-corrected chi connectivity index (χ2v) is 5.37. The first kappa shape index (κ1) is 9.48. The molecule has 2 aromatic rings. The van der Waals surface area contributed by atoms with Crippen LogP contribution in [0, 0.1) is 6.92 Å². The topological polar surface area (TPSA) is 60.2 Å². The predicted octanol–water partition coefficient (Wildman–Crippen LogP) is 2.06. The standard InChI is InChI=1S/C8H6ClNO3S/c1-5-8-6(13-10-5)3-2-4-7(8)14(9,11)12/h2-4H,1H3. The van der Waals surface area contributed by atoms with Gasteiger partial charge in [-0.3, -0.25) is 0 Å². The lowest BCUT2D eigenvalue weighted by atomic mass is 10.2. The molecule has 0 saturated carbocycles. The van der Waals surface area contributed by atoms with E-state index in [0.717, 1.165) is 0 Å². The van der Waals surface area contributed by atoms with Crippen LogP contribution in [0.3, 0.4) is 0 Å². The van der Waals surface area contributed by atoms with Crippen molar-refractivity contribution in [2.75, 3.05) is 0 Å². The van der Waals surface area contributed by atoms with Gasteiger partial charge in [0.1, 0.15) is 0 Å². The zero-order chi connectivity index (χ0) is 10.3. The predicted molar refractivity (Wildman–Crippen MR) is 51.8 cm³/mol. The van der Waals surface area contributed by atoms with E-state index < -0.39 is 9.05 Å². The summed E-state index contributed by atoms with van der Waals surface area (Å²) in [6, 6.07) is 4.62. The van der Waals surface area contributed by atoms with Crippen LogP contribution in [0.4, 0.5) is 0 Å². The molecule has 4 nitrogen and oxygen atoms in total. The zero-order valence-corrected chi connectivity index (χ0v) is 8.76. The second-order valence-electron chi connectivity index (χ2n) is 2.84. The molecule has 0 N–H and O–H groups in total. The molecule has 0 aliphatic rings. The largest absolute Gasteiger partial charge is 0.356 e. The van der Waals surface area contributed by atoms with Gasteiger partial charge in [-0.05, 0) is 19.1 Å². The monoisotopic (exact) mass is 231 g/mol. The van der Waals surface area contributed by atoms with E-state index in [2.05, 4.69) is 5.16 Å². The highest BCUT2D eigenvalue weighted by Crippen LogP contribution is 2.27. The lowest BCUT2D eigenvalue weighted by molar-refractivity contribution is 0.450. The van der Waals surface area contributed by atoms with Gasteiger partial charge < -0.3 is 4.52 Å². The number of hydrogen-bond donors (Lipinski definition) is 0. The maximum atomic E-state index is 11.2. The third kappa shape index (κ3) is 1.38. The third-order valence-corrected chi connectivity index (χ3v) is 3.26. The van der Waals surface area contributed by atoms with Crippen LogP contribution < -0.4 is 0 Å². The van der Waals surface area contributed by atoms with Gasteiger partial charge in [-0.1, -0.05) is 11.2 Å². The first-order chi connectivity index (χ1) is 6.50. The van der Waals surface area contributed by atoms with E-state index in [1.165, 1.54) is 6.07 Å². The Morgan fingerprint density at radius 2 is 2.14 bits per heavy atom. The maximum absolute atomic E-state index is 11.2. The van der Waals surface area contributed by atoms with Crippen LogP contribution in [-0.4, -0.2) is 13.6 Å². The minimum atomic E-state index is -3.75. The minimum Gasteiger partial charge on any atom is -0.356 e. The van der Waals surface area contributed by atoms with Crippen molar-refractivity contribution in [3.63, 3.8) is 0 Å². The smallest absolute Gasteiger partial charge is 0.262 e. The molecule has 0 unspecified atom stereocenters. The van der Waals surface area contributed by atoms with Crippen molar-refractivity contribution in [2.45, 2.75) is 11.8 Å². The Bertz CT molecular complexity index is 588. The molecule has 0 saturated heterocycles. The fourth-order valence-electron chi connectivity index (χ4n) is 1.31. The molecule has 1 heterocycles. The van der Waals surface area contributed by atoms with Crippen molar-refractivity contribution >= 4 is 30.7 Å². The highest BCUT2D eigenvalue weighted by Gasteiger charge is 2.18. The van der Waals surface area contributed by atoms with Gasteiger partial charge in [-0.15, -0.1) is 0 Å². The number of rotatable bonds is 1. The molecule has 1 aromatic carbocycles. The quantitative estimate of drug-likeness (QED) is 0.705. The Morgan fingerprint density at radius 1 is 1.43 bits per heavy atom. The average molecular weight is 232 g/mol. The first-order valence-electron chi connectivity index (χ1n) is 3.80. The molecule has 0 fully saturated rings. The van der Waals surface area contributed by atoms with E-state index in [1.54, 1.807) is 19.1 Å². The van der Waals surface area contributed by atoms with Crippen molar-refractivity contribution < 1.29 is 12.9 Å². The van der Waals surface area contributed by atoms with Gasteiger partial charge in [0, 0.05) is 10.7 Å². The van der Waals surface area contributed by atoms with Crippen LogP contribution in [0.1, 0.15) is 5.69 Å². The van der Waals surface area contributed by atoms with E-state index >= 15 is 0 Å². The van der Waals surface area contributed by atoms with Crippen LogP contribution >= 0.6 is 10.7 Å². The molecule has 1 aromatic heterocycles. The fraction of sp³-hybridized carbons (Fsp3) is 0.125. The van der Waals surface area contributed by atoms with Crippen LogP contribution in [0.25, 0.3) is 11.0 Å². The van der Waals surface area contributed by atoms with Gasteiger partial charge in [0.15, 0.2) is 5.58 Å². The fourth-order valence-corrected chi connectivity index (χ4v) is 2.43. The average Bonchev–Trinajstić information content (AvgIpc) is 2.46.